The lowest BCUT2D eigenvalue weighted by Crippen LogP contribution is -2.35. The number of halogens is 1. The molecule has 2 aromatic rings. The minimum atomic E-state index is -1.01. The van der Waals surface area contributed by atoms with Gasteiger partial charge in [-0.05, 0) is 30.5 Å². The third kappa shape index (κ3) is 4.04. The first-order valence-corrected chi connectivity index (χ1v) is 9.50. The van der Waals surface area contributed by atoms with Gasteiger partial charge in [0.2, 0.25) is 5.91 Å². The summed E-state index contributed by atoms with van der Waals surface area (Å²) in [6.45, 7) is 0. The van der Waals surface area contributed by atoms with Gasteiger partial charge in [-0.25, -0.2) is 0 Å². The van der Waals surface area contributed by atoms with Gasteiger partial charge in [-0.1, -0.05) is 35.9 Å². The van der Waals surface area contributed by atoms with Crippen molar-refractivity contribution in [3.05, 3.63) is 52.4 Å². The van der Waals surface area contributed by atoms with Crippen LogP contribution in [0.25, 0.3) is 11.1 Å². The molecule has 0 aliphatic heterocycles. The van der Waals surface area contributed by atoms with Crippen LogP contribution in [0.1, 0.15) is 23.2 Å². The number of nitrogens with one attached hydrogen (secondary N) is 1. The number of carboxylic acid groups (broad SMARTS) is 1. The molecular formula is C19H17ClN2O4S. The highest BCUT2D eigenvalue weighted by Crippen LogP contribution is 2.37. The van der Waals surface area contributed by atoms with E-state index in [1.807, 2.05) is 0 Å². The SMILES string of the molecule is NC(=O)c1c(-c2ccc(Cl)cc2)csc1NC(=O)[C@@H]1CC=CC[C@H]1C(=O)O. The lowest BCUT2D eigenvalue weighted by Gasteiger charge is -2.24. The monoisotopic (exact) mass is 404 g/mol. The van der Waals surface area contributed by atoms with E-state index in [0.29, 0.717) is 28.4 Å². The summed E-state index contributed by atoms with van der Waals surface area (Å²) >= 11 is 7.08. The molecule has 8 heteroatoms. The lowest BCUT2D eigenvalue weighted by atomic mass is 9.82. The Hall–Kier alpha value is -2.64. The van der Waals surface area contributed by atoms with Crippen LogP contribution >= 0.6 is 22.9 Å². The number of amides is 2. The zero-order valence-electron chi connectivity index (χ0n) is 14.1. The number of rotatable bonds is 5. The number of anilines is 1. The van der Waals surface area contributed by atoms with Gasteiger partial charge in [0.15, 0.2) is 0 Å². The molecule has 0 saturated heterocycles. The molecule has 0 spiro atoms. The molecule has 1 aromatic carbocycles. The summed E-state index contributed by atoms with van der Waals surface area (Å²) < 4.78 is 0. The maximum absolute atomic E-state index is 12.7. The Morgan fingerprint density at radius 2 is 1.74 bits per heavy atom. The molecule has 4 N–H and O–H groups in total. The number of hydrogen-bond acceptors (Lipinski definition) is 4. The second-order valence-electron chi connectivity index (χ2n) is 6.21. The topological polar surface area (TPSA) is 109 Å². The van der Waals surface area contributed by atoms with E-state index in [0.717, 1.165) is 5.56 Å². The van der Waals surface area contributed by atoms with Crippen LogP contribution in [0.15, 0.2) is 41.8 Å². The van der Waals surface area contributed by atoms with Crippen LogP contribution < -0.4 is 11.1 Å². The van der Waals surface area contributed by atoms with Gasteiger partial charge >= 0.3 is 5.97 Å². The van der Waals surface area contributed by atoms with Crippen molar-refractivity contribution in [1.82, 2.24) is 0 Å². The van der Waals surface area contributed by atoms with Crippen molar-refractivity contribution in [2.45, 2.75) is 12.8 Å². The van der Waals surface area contributed by atoms with E-state index in [1.54, 1.807) is 41.8 Å². The molecule has 1 aliphatic carbocycles. The van der Waals surface area contributed by atoms with Gasteiger partial charge in [0.05, 0.1) is 17.4 Å². The van der Waals surface area contributed by atoms with E-state index in [1.165, 1.54) is 11.3 Å². The maximum Gasteiger partial charge on any atom is 0.307 e. The molecule has 2 amide bonds. The average molecular weight is 405 g/mol. The standard InChI is InChI=1S/C19H17ClN2O4S/c20-11-7-5-10(6-8-11)14-9-27-18(15(14)16(21)23)22-17(24)12-3-1-2-4-13(12)19(25)26/h1-2,5-9,12-13H,3-4H2,(H2,21,23)(H,22,24)(H,25,26)/t12-,13-/m1/s1. The lowest BCUT2D eigenvalue weighted by molar-refractivity contribution is -0.146. The van der Waals surface area contributed by atoms with Gasteiger partial charge in [0.25, 0.3) is 5.91 Å². The van der Waals surface area contributed by atoms with Crippen molar-refractivity contribution < 1.29 is 19.5 Å². The summed E-state index contributed by atoms with van der Waals surface area (Å²) in [5.41, 5.74) is 7.08. The Balaban J connectivity index is 1.90. The number of carbonyl (C=O) groups is 3. The number of nitrogens with two attached hydrogens (primary N) is 1. The fourth-order valence-electron chi connectivity index (χ4n) is 3.12. The zero-order valence-corrected chi connectivity index (χ0v) is 15.7. The largest absolute Gasteiger partial charge is 0.481 e. The number of benzene rings is 1. The van der Waals surface area contributed by atoms with E-state index in [9.17, 15) is 19.5 Å². The number of carboxylic acids is 1. The third-order valence-corrected chi connectivity index (χ3v) is 5.66. The Bertz CT molecular complexity index is 920. The molecule has 3 rings (SSSR count). The molecule has 2 atom stereocenters. The molecule has 1 aromatic heterocycles. The summed E-state index contributed by atoms with van der Waals surface area (Å²) in [4.78, 5) is 36.1. The molecule has 0 bridgehead atoms. The second-order valence-corrected chi connectivity index (χ2v) is 7.52. The summed E-state index contributed by atoms with van der Waals surface area (Å²) in [6, 6.07) is 6.91. The summed E-state index contributed by atoms with van der Waals surface area (Å²) in [7, 11) is 0. The molecule has 0 saturated carbocycles. The molecule has 0 radical (unpaired) electrons. The number of hydrogen-bond donors (Lipinski definition) is 3. The molecular weight excluding hydrogens is 388 g/mol. The molecule has 140 valence electrons. The Labute approximate surface area is 164 Å². The van der Waals surface area contributed by atoms with Gasteiger partial charge < -0.3 is 16.2 Å². The fraction of sp³-hybridized carbons (Fsp3) is 0.211. The Morgan fingerprint density at radius 1 is 1.11 bits per heavy atom. The van der Waals surface area contributed by atoms with Crippen molar-refractivity contribution >= 4 is 45.7 Å². The minimum absolute atomic E-state index is 0.203. The van der Waals surface area contributed by atoms with Gasteiger partial charge in [-0.15, -0.1) is 11.3 Å². The number of aliphatic carboxylic acids is 1. The maximum atomic E-state index is 12.7. The van der Waals surface area contributed by atoms with Crippen molar-refractivity contribution in [3.8, 4) is 11.1 Å². The number of thiophene rings is 1. The molecule has 0 fully saturated rings. The van der Waals surface area contributed by atoms with Crippen molar-refractivity contribution in [2.24, 2.45) is 17.6 Å². The fourth-order valence-corrected chi connectivity index (χ4v) is 4.22. The quantitative estimate of drug-likeness (QED) is 0.659. The predicted molar refractivity (Wildman–Crippen MR) is 105 cm³/mol. The van der Waals surface area contributed by atoms with Gasteiger partial charge in [-0.2, -0.15) is 0 Å². The van der Waals surface area contributed by atoms with Gasteiger partial charge in [0, 0.05) is 16.0 Å². The first-order valence-electron chi connectivity index (χ1n) is 8.24. The highest BCUT2D eigenvalue weighted by molar-refractivity contribution is 7.15. The van der Waals surface area contributed by atoms with Crippen molar-refractivity contribution in [2.75, 3.05) is 5.32 Å². The minimum Gasteiger partial charge on any atom is -0.481 e. The number of allylic oxidation sites excluding steroid dienone is 2. The van der Waals surface area contributed by atoms with E-state index in [-0.39, 0.29) is 5.56 Å². The van der Waals surface area contributed by atoms with Crippen LogP contribution in [0.4, 0.5) is 5.00 Å². The first-order chi connectivity index (χ1) is 12.9. The smallest absolute Gasteiger partial charge is 0.307 e. The second kappa shape index (κ2) is 7.94. The molecule has 27 heavy (non-hydrogen) atoms. The van der Waals surface area contributed by atoms with Gasteiger partial charge in [0.1, 0.15) is 5.00 Å². The zero-order chi connectivity index (χ0) is 19.6. The molecule has 0 unspecified atom stereocenters. The predicted octanol–water partition coefficient (Wildman–Crippen LogP) is 3.77. The third-order valence-electron chi connectivity index (χ3n) is 4.52. The summed E-state index contributed by atoms with van der Waals surface area (Å²) in [5.74, 6) is -3.60. The summed E-state index contributed by atoms with van der Waals surface area (Å²) in [5, 5.41) is 14.7. The number of primary amides is 1. The Morgan fingerprint density at radius 3 is 2.33 bits per heavy atom. The highest BCUT2D eigenvalue weighted by atomic mass is 35.5. The highest BCUT2D eigenvalue weighted by Gasteiger charge is 2.34. The van der Waals surface area contributed by atoms with E-state index >= 15 is 0 Å². The van der Waals surface area contributed by atoms with Crippen molar-refractivity contribution in [1.29, 1.82) is 0 Å². The van der Waals surface area contributed by atoms with E-state index < -0.39 is 29.6 Å². The first kappa shape index (κ1) is 19.1. The van der Waals surface area contributed by atoms with Crippen LogP contribution in [0, 0.1) is 11.8 Å². The molecule has 1 aliphatic rings. The van der Waals surface area contributed by atoms with Crippen LogP contribution in [-0.2, 0) is 9.59 Å². The molecule has 1 heterocycles. The number of carbonyl (C=O) groups excluding carboxylic acids is 2. The van der Waals surface area contributed by atoms with Gasteiger partial charge in [-0.3, -0.25) is 14.4 Å². The Kier molecular flexibility index (Phi) is 5.62. The molecule has 6 nitrogen and oxygen atoms in total. The van der Waals surface area contributed by atoms with Crippen LogP contribution in [-0.4, -0.2) is 22.9 Å². The van der Waals surface area contributed by atoms with Crippen LogP contribution in [0.3, 0.4) is 0 Å². The van der Waals surface area contributed by atoms with E-state index in [4.69, 9.17) is 17.3 Å². The summed E-state index contributed by atoms with van der Waals surface area (Å²) in [6.07, 6.45) is 4.20. The van der Waals surface area contributed by atoms with Crippen LogP contribution in [0.5, 0.6) is 0 Å². The average Bonchev–Trinajstić information content (AvgIpc) is 3.06. The van der Waals surface area contributed by atoms with Crippen LogP contribution in [0.2, 0.25) is 5.02 Å². The van der Waals surface area contributed by atoms with E-state index in [2.05, 4.69) is 5.32 Å². The van der Waals surface area contributed by atoms with Crippen molar-refractivity contribution in [3.63, 3.8) is 0 Å². The normalized spacial score (nSPS) is 18.9.